The molecule has 2 aromatic rings. The van der Waals surface area contributed by atoms with Gasteiger partial charge in [-0.05, 0) is 30.7 Å². The van der Waals surface area contributed by atoms with Crippen LogP contribution in [0, 0.1) is 6.92 Å². The number of hydrogen-bond acceptors (Lipinski definition) is 3. The van der Waals surface area contributed by atoms with Crippen LogP contribution >= 0.6 is 0 Å². The molecule has 0 aliphatic rings. The minimum absolute atomic E-state index is 0.0741. The summed E-state index contributed by atoms with van der Waals surface area (Å²) in [6.45, 7) is 1.87. The van der Waals surface area contributed by atoms with Crippen molar-refractivity contribution in [3.63, 3.8) is 0 Å². The number of aryl methyl sites for hydroxylation is 1. The fourth-order valence-corrected chi connectivity index (χ4v) is 1.66. The van der Waals surface area contributed by atoms with E-state index in [0.717, 1.165) is 5.56 Å². The lowest BCUT2D eigenvalue weighted by Crippen LogP contribution is -1.96. The molecule has 0 heterocycles. The van der Waals surface area contributed by atoms with Crippen molar-refractivity contribution in [2.45, 2.75) is 11.8 Å². The first-order valence-electron chi connectivity index (χ1n) is 5.18. The number of para-hydroxylation sites is 1. The first kappa shape index (κ1) is 14.2. The van der Waals surface area contributed by atoms with Gasteiger partial charge in [-0.3, -0.25) is 4.55 Å². The normalized spacial score (nSPS) is 10.3. The number of benzene rings is 2. The highest BCUT2D eigenvalue weighted by molar-refractivity contribution is 7.85. The molecule has 2 N–H and O–H groups in total. The van der Waals surface area contributed by atoms with Gasteiger partial charge in [-0.2, -0.15) is 8.42 Å². The van der Waals surface area contributed by atoms with E-state index in [1.807, 2.05) is 25.1 Å². The van der Waals surface area contributed by atoms with Crippen molar-refractivity contribution >= 4 is 10.1 Å². The van der Waals surface area contributed by atoms with E-state index in [-0.39, 0.29) is 4.90 Å². The number of rotatable bonds is 1. The minimum atomic E-state index is -4.00. The molecule has 0 amide bonds. The quantitative estimate of drug-likeness (QED) is 0.778. The van der Waals surface area contributed by atoms with E-state index in [1.54, 1.807) is 24.3 Å². The van der Waals surface area contributed by atoms with Gasteiger partial charge >= 0.3 is 0 Å². The Morgan fingerprint density at radius 3 is 1.72 bits per heavy atom. The standard InChI is InChI=1S/C7H8O.C6H6O3S/c1-6-4-2-3-5-7(6)8;7-10(8,9)6-4-2-1-3-5-6/h2-5,8H,1H3;1-5H,(H,7,8,9). The summed E-state index contributed by atoms with van der Waals surface area (Å²) in [4.78, 5) is -0.0741. The van der Waals surface area contributed by atoms with E-state index in [4.69, 9.17) is 9.66 Å². The SMILES string of the molecule is Cc1ccccc1O.O=S(=O)(O)c1ccccc1. The third-order valence-electron chi connectivity index (χ3n) is 2.16. The third-order valence-corrected chi connectivity index (χ3v) is 3.02. The summed E-state index contributed by atoms with van der Waals surface area (Å²) in [5.41, 5.74) is 0.924. The molecule has 2 aromatic carbocycles. The average molecular weight is 266 g/mol. The second-order valence-corrected chi connectivity index (χ2v) is 5.00. The van der Waals surface area contributed by atoms with Gasteiger partial charge in [0.05, 0.1) is 4.90 Å². The van der Waals surface area contributed by atoms with Crippen molar-refractivity contribution in [2.24, 2.45) is 0 Å². The Labute approximate surface area is 106 Å². The van der Waals surface area contributed by atoms with Gasteiger partial charge in [0.15, 0.2) is 0 Å². The van der Waals surface area contributed by atoms with Gasteiger partial charge in [-0.1, -0.05) is 36.4 Å². The summed E-state index contributed by atoms with van der Waals surface area (Å²) in [5.74, 6) is 0.368. The van der Waals surface area contributed by atoms with E-state index in [9.17, 15) is 8.42 Å². The maximum Gasteiger partial charge on any atom is 0.294 e. The molecule has 0 atom stereocenters. The van der Waals surface area contributed by atoms with Crippen LogP contribution < -0.4 is 0 Å². The fourth-order valence-electron chi connectivity index (χ4n) is 1.16. The van der Waals surface area contributed by atoms with Gasteiger partial charge in [0.1, 0.15) is 5.75 Å². The number of aromatic hydroxyl groups is 1. The van der Waals surface area contributed by atoms with Crippen molar-refractivity contribution in [3.8, 4) is 5.75 Å². The Kier molecular flexibility index (Phi) is 4.88. The molecule has 0 fully saturated rings. The number of phenols is 1. The number of hydrogen-bond donors (Lipinski definition) is 2. The van der Waals surface area contributed by atoms with E-state index in [0.29, 0.717) is 5.75 Å². The molecule has 0 radical (unpaired) electrons. The summed E-state index contributed by atoms with van der Waals surface area (Å²) < 4.78 is 29.2. The smallest absolute Gasteiger partial charge is 0.294 e. The molecule has 4 nitrogen and oxygen atoms in total. The number of phenolic OH excluding ortho intramolecular Hbond substituents is 1. The lowest BCUT2D eigenvalue weighted by Gasteiger charge is -1.92. The van der Waals surface area contributed by atoms with Crippen LogP contribution in [-0.4, -0.2) is 18.1 Å². The van der Waals surface area contributed by atoms with Gasteiger partial charge in [0.25, 0.3) is 10.1 Å². The molecule has 96 valence electrons. The van der Waals surface area contributed by atoms with Gasteiger partial charge in [0.2, 0.25) is 0 Å². The highest BCUT2D eigenvalue weighted by Gasteiger charge is 2.05. The molecule has 0 bridgehead atoms. The summed E-state index contributed by atoms with van der Waals surface area (Å²) >= 11 is 0. The van der Waals surface area contributed by atoms with E-state index in [2.05, 4.69) is 0 Å². The Morgan fingerprint density at radius 1 is 0.889 bits per heavy atom. The van der Waals surface area contributed by atoms with E-state index in [1.165, 1.54) is 12.1 Å². The second kappa shape index (κ2) is 6.18. The van der Waals surface area contributed by atoms with Crippen LogP contribution in [0.1, 0.15) is 5.56 Å². The van der Waals surface area contributed by atoms with Crippen LogP contribution in [0.15, 0.2) is 59.5 Å². The predicted molar refractivity (Wildman–Crippen MR) is 69.1 cm³/mol. The molecule has 0 unspecified atom stereocenters. The van der Waals surface area contributed by atoms with Crippen LogP contribution in [0.3, 0.4) is 0 Å². The first-order valence-corrected chi connectivity index (χ1v) is 6.62. The zero-order valence-corrected chi connectivity index (χ0v) is 10.6. The topological polar surface area (TPSA) is 74.6 Å². The molecule has 0 spiro atoms. The monoisotopic (exact) mass is 266 g/mol. The van der Waals surface area contributed by atoms with E-state index >= 15 is 0 Å². The molecule has 2 rings (SSSR count). The van der Waals surface area contributed by atoms with Gasteiger partial charge in [-0.15, -0.1) is 0 Å². The summed E-state index contributed by atoms with van der Waals surface area (Å²) in [6.07, 6.45) is 0. The lowest BCUT2D eigenvalue weighted by molar-refractivity contribution is 0.471. The van der Waals surface area contributed by atoms with Crippen molar-refractivity contribution < 1.29 is 18.1 Å². The molecular formula is C13H14O4S. The summed E-state index contributed by atoms with van der Waals surface area (Å²) in [7, 11) is -4.00. The molecule has 0 aromatic heterocycles. The molecule has 5 heteroatoms. The third kappa shape index (κ3) is 4.57. The molecular weight excluding hydrogens is 252 g/mol. The van der Waals surface area contributed by atoms with E-state index < -0.39 is 10.1 Å². The highest BCUT2D eigenvalue weighted by Crippen LogP contribution is 2.12. The van der Waals surface area contributed by atoms with Crippen LogP contribution in [0.2, 0.25) is 0 Å². The van der Waals surface area contributed by atoms with Crippen molar-refractivity contribution in [1.29, 1.82) is 0 Å². The van der Waals surface area contributed by atoms with Crippen LogP contribution in [-0.2, 0) is 10.1 Å². The van der Waals surface area contributed by atoms with Gasteiger partial charge in [0, 0.05) is 0 Å². The van der Waals surface area contributed by atoms with Gasteiger partial charge in [-0.25, -0.2) is 0 Å². The van der Waals surface area contributed by atoms with Crippen LogP contribution in [0.4, 0.5) is 0 Å². The Balaban J connectivity index is 0.000000184. The Bertz CT molecular complexity index is 570. The molecule has 0 aliphatic heterocycles. The van der Waals surface area contributed by atoms with Crippen LogP contribution in [0.25, 0.3) is 0 Å². The zero-order chi connectivity index (χ0) is 13.6. The van der Waals surface area contributed by atoms with Crippen LogP contribution in [0.5, 0.6) is 5.75 Å². The van der Waals surface area contributed by atoms with Gasteiger partial charge < -0.3 is 5.11 Å². The largest absolute Gasteiger partial charge is 0.508 e. The maximum absolute atomic E-state index is 10.4. The summed E-state index contributed by atoms with van der Waals surface area (Å²) in [6, 6.07) is 14.7. The predicted octanol–water partition coefficient (Wildman–Crippen LogP) is 2.63. The minimum Gasteiger partial charge on any atom is -0.508 e. The zero-order valence-electron chi connectivity index (χ0n) is 9.82. The van der Waals surface area contributed by atoms with Crippen molar-refractivity contribution in [1.82, 2.24) is 0 Å². The molecule has 0 saturated heterocycles. The Morgan fingerprint density at radius 2 is 1.39 bits per heavy atom. The highest BCUT2D eigenvalue weighted by atomic mass is 32.2. The molecule has 0 aliphatic carbocycles. The summed E-state index contributed by atoms with van der Waals surface area (Å²) in [5, 5.41) is 8.92. The maximum atomic E-state index is 10.4. The van der Waals surface area contributed by atoms with Crippen molar-refractivity contribution in [2.75, 3.05) is 0 Å². The first-order chi connectivity index (χ1) is 8.41. The van der Waals surface area contributed by atoms with Crippen molar-refractivity contribution in [3.05, 3.63) is 60.2 Å². The second-order valence-electron chi connectivity index (χ2n) is 3.57. The molecule has 0 saturated carbocycles. The average Bonchev–Trinajstić information content (AvgIpc) is 2.34. The lowest BCUT2D eigenvalue weighted by atomic mass is 10.2. The Hall–Kier alpha value is -1.85. The molecule has 18 heavy (non-hydrogen) atoms. The fraction of sp³-hybridized carbons (Fsp3) is 0.0769.